The molecule has 1 unspecified atom stereocenters. The number of piperazine rings is 1. The van der Waals surface area contributed by atoms with Gasteiger partial charge in [0.15, 0.2) is 6.61 Å². The van der Waals surface area contributed by atoms with Crippen molar-refractivity contribution < 1.29 is 43.3 Å². The van der Waals surface area contributed by atoms with E-state index in [0.29, 0.717) is 10.9 Å². The number of hydrogen-bond acceptors (Lipinski definition) is 9. The number of nitrogens with one attached hydrogen (secondary N) is 1. The Morgan fingerprint density at radius 2 is 1.76 bits per heavy atom. The van der Waals surface area contributed by atoms with Crippen molar-refractivity contribution in [2.75, 3.05) is 46.5 Å². The number of aromatic nitrogens is 1. The lowest BCUT2D eigenvalue weighted by molar-refractivity contribution is -0.141. The van der Waals surface area contributed by atoms with Crippen molar-refractivity contribution >= 4 is 40.7 Å². The van der Waals surface area contributed by atoms with Gasteiger partial charge in [-0.25, -0.2) is 14.6 Å². The van der Waals surface area contributed by atoms with Crippen LogP contribution >= 0.6 is 0 Å². The summed E-state index contributed by atoms with van der Waals surface area (Å²) in [6, 6.07) is 6.98. The number of esters is 1. The molecule has 13 nitrogen and oxygen atoms in total. The molecule has 1 aliphatic heterocycles. The van der Waals surface area contributed by atoms with E-state index in [4.69, 9.17) is 14.6 Å². The van der Waals surface area contributed by atoms with E-state index in [1.54, 1.807) is 31.2 Å². The highest BCUT2D eigenvalue weighted by molar-refractivity contribution is 5.99. The van der Waals surface area contributed by atoms with Crippen molar-refractivity contribution in [1.82, 2.24) is 20.1 Å². The molecule has 1 atom stereocenters. The summed E-state index contributed by atoms with van der Waals surface area (Å²) in [4.78, 5) is 68.6. The first-order valence-corrected chi connectivity index (χ1v) is 12.1. The summed E-state index contributed by atoms with van der Waals surface area (Å²) in [5, 5.41) is 12.2. The van der Waals surface area contributed by atoms with Crippen LogP contribution in [0.15, 0.2) is 30.3 Å². The van der Waals surface area contributed by atoms with Gasteiger partial charge in [-0.05, 0) is 25.5 Å². The van der Waals surface area contributed by atoms with Gasteiger partial charge in [0.25, 0.3) is 5.91 Å². The van der Waals surface area contributed by atoms with Crippen molar-refractivity contribution in [1.29, 1.82) is 0 Å². The molecule has 0 radical (unpaired) electrons. The number of carboxylic acids is 1. The third kappa shape index (κ3) is 7.31. The number of fused-ring (bicyclic) bond motifs is 1. The SMILES string of the molecule is CCOC(=O)N1CCN(C(=O)C(CCC(=O)OC)NC(=O)c2cc(OCC(=O)O)c3ccccc3n2)CC1. The number of methoxy groups -OCH3 is 1. The summed E-state index contributed by atoms with van der Waals surface area (Å²) >= 11 is 0. The van der Waals surface area contributed by atoms with Gasteiger partial charge in [0.2, 0.25) is 5.91 Å². The largest absolute Gasteiger partial charge is 0.481 e. The number of carboxylic acid groups (broad SMARTS) is 1. The average molecular weight is 531 g/mol. The van der Waals surface area contributed by atoms with Crippen molar-refractivity contribution in [3.05, 3.63) is 36.0 Å². The molecule has 2 aromatic rings. The van der Waals surface area contributed by atoms with Crippen LogP contribution in [0.25, 0.3) is 10.9 Å². The zero-order valence-corrected chi connectivity index (χ0v) is 21.2. The molecule has 1 aromatic heterocycles. The second-order valence-corrected chi connectivity index (χ2v) is 8.36. The molecule has 2 heterocycles. The summed E-state index contributed by atoms with van der Waals surface area (Å²) in [6.07, 6.45) is -0.599. The Balaban J connectivity index is 1.78. The van der Waals surface area contributed by atoms with Crippen LogP contribution in [-0.4, -0.2) is 102 Å². The van der Waals surface area contributed by atoms with Gasteiger partial charge in [0, 0.05) is 44.1 Å². The normalized spacial score (nSPS) is 13.9. The van der Waals surface area contributed by atoms with E-state index < -0.39 is 42.5 Å². The van der Waals surface area contributed by atoms with Crippen molar-refractivity contribution in [3.63, 3.8) is 0 Å². The molecule has 0 bridgehead atoms. The van der Waals surface area contributed by atoms with Crippen molar-refractivity contribution in [2.24, 2.45) is 0 Å². The maximum absolute atomic E-state index is 13.3. The number of nitrogens with zero attached hydrogens (tertiary/aromatic N) is 3. The molecule has 0 spiro atoms. The van der Waals surface area contributed by atoms with Crippen molar-refractivity contribution in [2.45, 2.75) is 25.8 Å². The van der Waals surface area contributed by atoms with Crippen LogP contribution < -0.4 is 10.1 Å². The monoisotopic (exact) mass is 530 g/mol. The second kappa shape index (κ2) is 13.2. The fourth-order valence-corrected chi connectivity index (χ4v) is 3.92. The molecule has 0 saturated carbocycles. The van der Waals surface area contributed by atoms with Gasteiger partial charge in [-0.2, -0.15) is 0 Å². The van der Waals surface area contributed by atoms with Crippen molar-refractivity contribution in [3.8, 4) is 5.75 Å². The quantitative estimate of drug-likeness (QED) is 0.424. The number of ether oxygens (including phenoxy) is 3. The van der Waals surface area contributed by atoms with Gasteiger partial charge in [-0.1, -0.05) is 12.1 Å². The fraction of sp³-hybridized carbons (Fsp3) is 0.440. The summed E-state index contributed by atoms with van der Waals surface area (Å²) in [5.41, 5.74) is 0.306. The standard InChI is InChI=1S/C25H30N4O9/c1-3-37-25(35)29-12-10-28(11-13-29)24(34)18(8-9-22(32)36-2)27-23(33)19-14-20(38-15-21(30)31)16-6-4-5-7-17(16)26-19/h4-7,14,18H,3,8-13,15H2,1-2H3,(H,27,33)(H,30,31). The Hall–Kier alpha value is -4.42. The highest BCUT2D eigenvalue weighted by Crippen LogP contribution is 2.25. The predicted octanol–water partition coefficient (Wildman–Crippen LogP) is 1.05. The van der Waals surface area contributed by atoms with Crippen LogP contribution in [0.4, 0.5) is 4.79 Å². The maximum Gasteiger partial charge on any atom is 0.409 e. The zero-order chi connectivity index (χ0) is 27.7. The zero-order valence-electron chi connectivity index (χ0n) is 21.2. The first-order valence-electron chi connectivity index (χ1n) is 12.1. The predicted molar refractivity (Wildman–Crippen MR) is 133 cm³/mol. The third-order valence-corrected chi connectivity index (χ3v) is 5.85. The van der Waals surface area contributed by atoms with Gasteiger partial charge in [0.1, 0.15) is 17.5 Å². The van der Waals surface area contributed by atoms with Crippen LogP contribution in [0.2, 0.25) is 0 Å². The topological polar surface area (TPSA) is 165 Å². The first kappa shape index (κ1) is 28.2. The number of para-hydroxylation sites is 1. The molecule has 3 rings (SSSR count). The molecule has 1 saturated heterocycles. The molecule has 1 aromatic carbocycles. The Kier molecular flexibility index (Phi) is 9.79. The van der Waals surface area contributed by atoms with E-state index in [1.165, 1.54) is 23.0 Å². The second-order valence-electron chi connectivity index (χ2n) is 8.36. The lowest BCUT2D eigenvalue weighted by Gasteiger charge is -2.36. The third-order valence-electron chi connectivity index (χ3n) is 5.85. The van der Waals surface area contributed by atoms with E-state index in [1.807, 2.05) is 0 Å². The Labute approximate surface area is 218 Å². The molecule has 204 valence electrons. The number of benzene rings is 1. The number of pyridine rings is 1. The summed E-state index contributed by atoms with van der Waals surface area (Å²) in [5.74, 6) is -2.71. The smallest absolute Gasteiger partial charge is 0.409 e. The fourth-order valence-electron chi connectivity index (χ4n) is 3.92. The molecule has 0 aliphatic carbocycles. The Bertz CT molecular complexity index is 1190. The van der Waals surface area contributed by atoms with Crippen LogP contribution in [0.3, 0.4) is 0 Å². The molecule has 38 heavy (non-hydrogen) atoms. The van der Waals surface area contributed by atoms with Gasteiger partial charge in [-0.3, -0.25) is 14.4 Å². The van der Waals surface area contributed by atoms with Gasteiger partial charge >= 0.3 is 18.0 Å². The van der Waals surface area contributed by atoms with Crippen LogP contribution in [-0.2, 0) is 23.9 Å². The average Bonchev–Trinajstić information content (AvgIpc) is 2.93. The summed E-state index contributed by atoms with van der Waals surface area (Å²) in [6.45, 7) is 2.31. The number of rotatable bonds is 10. The van der Waals surface area contributed by atoms with Crippen LogP contribution in [0, 0.1) is 0 Å². The van der Waals surface area contributed by atoms with E-state index in [2.05, 4.69) is 15.0 Å². The van der Waals surface area contributed by atoms with Gasteiger partial charge < -0.3 is 34.4 Å². The molecule has 1 fully saturated rings. The number of carbonyl (C=O) groups excluding carboxylic acids is 4. The minimum atomic E-state index is -1.19. The minimum Gasteiger partial charge on any atom is -0.481 e. The van der Waals surface area contributed by atoms with E-state index in [9.17, 15) is 24.0 Å². The summed E-state index contributed by atoms with van der Waals surface area (Å²) < 4.78 is 15.0. The number of carbonyl (C=O) groups is 5. The highest BCUT2D eigenvalue weighted by atomic mass is 16.6. The van der Waals surface area contributed by atoms with Gasteiger partial charge in [-0.15, -0.1) is 0 Å². The highest BCUT2D eigenvalue weighted by Gasteiger charge is 2.31. The van der Waals surface area contributed by atoms with E-state index >= 15 is 0 Å². The Morgan fingerprint density at radius 3 is 2.42 bits per heavy atom. The lowest BCUT2D eigenvalue weighted by atomic mass is 10.1. The van der Waals surface area contributed by atoms with E-state index in [0.717, 1.165) is 0 Å². The molecule has 1 aliphatic rings. The van der Waals surface area contributed by atoms with Crippen LogP contribution in [0.5, 0.6) is 5.75 Å². The lowest BCUT2D eigenvalue weighted by Crippen LogP contribution is -2.56. The molecule has 2 N–H and O–H groups in total. The molecule has 3 amide bonds. The van der Waals surface area contributed by atoms with Gasteiger partial charge in [0.05, 0.1) is 19.2 Å². The molecular weight excluding hydrogens is 500 g/mol. The number of hydrogen-bond donors (Lipinski definition) is 2. The maximum atomic E-state index is 13.3. The number of aliphatic carboxylic acids is 1. The minimum absolute atomic E-state index is 0.0225. The molecular formula is C25H30N4O9. The first-order chi connectivity index (χ1) is 18.2. The number of amides is 3. The molecule has 13 heteroatoms. The van der Waals surface area contributed by atoms with Crippen LogP contribution in [0.1, 0.15) is 30.3 Å². The summed E-state index contributed by atoms with van der Waals surface area (Å²) in [7, 11) is 1.23. The van der Waals surface area contributed by atoms with E-state index in [-0.39, 0.29) is 57.1 Å². The Morgan fingerprint density at radius 1 is 1.08 bits per heavy atom.